The van der Waals surface area contributed by atoms with E-state index < -0.39 is 0 Å². The number of likely N-dealkylation sites (N-methyl/N-ethyl adjacent to an activating group) is 1. The minimum Gasteiger partial charge on any atom is -0.337 e. The average Bonchev–Trinajstić information content (AvgIpc) is 2.82. The number of hydrogen-bond donors (Lipinski definition) is 0. The van der Waals surface area contributed by atoms with Gasteiger partial charge in [-0.2, -0.15) is 0 Å². The van der Waals surface area contributed by atoms with Gasteiger partial charge in [0.25, 0.3) is 0 Å². The van der Waals surface area contributed by atoms with Crippen LogP contribution in [0, 0.1) is 0 Å². The molecule has 0 spiro atoms. The van der Waals surface area contributed by atoms with Crippen molar-refractivity contribution in [1.29, 1.82) is 0 Å². The van der Waals surface area contributed by atoms with Crippen LogP contribution < -0.4 is 0 Å². The molecular weight excluding hydrogens is 278 g/mol. The topological polar surface area (TPSA) is 20.3 Å². The summed E-state index contributed by atoms with van der Waals surface area (Å²) in [4.78, 5) is 14.7. The second kappa shape index (κ2) is 6.55. The van der Waals surface area contributed by atoms with Crippen molar-refractivity contribution < 1.29 is 4.79 Å². The van der Waals surface area contributed by atoms with Crippen molar-refractivity contribution in [2.24, 2.45) is 0 Å². The number of hydrogen-bond acceptors (Lipinski definition) is 2. The molecule has 0 N–H and O–H groups in total. The van der Waals surface area contributed by atoms with Crippen molar-refractivity contribution in [2.75, 3.05) is 7.05 Å². The van der Waals surface area contributed by atoms with E-state index in [1.807, 2.05) is 48.5 Å². The molecule has 0 fully saturated rings. The largest absolute Gasteiger partial charge is 0.337 e. The maximum absolute atomic E-state index is 11.9. The number of carbonyl (C=O) groups excluding carboxylic acids is 1. The molecule has 2 rings (SSSR count). The standard InChI is InChI=1S/C15H14ClNOS/c1-17(11-13-8-9-14(16)19-13)15(18)10-7-12-5-3-2-4-6-12/h2-10H,11H2,1H3. The van der Waals surface area contributed by atoms with Gasteiger partial charge in [-0.3, -0.25) is 4.79 Å². The molecule has 0 radical (unpaired) electrons. The first kappa shape index (κ1) is 13.8. The number of amides is 1. The molecule has 1 aromatic carbocycles. The molecule has 19 heavy (non-hydrogen) atoms. The Bertz CT molecular complexity index is 577. The fourth-order valence-electron chi connectivity index (χ4n) is 1.61. The van der Waals surface area contributed by atoms with E-state index in [2.05, 4.69) is 0 Å². The van der Waals surface area contributed by atoms with Gasteiger partial charge in [0.15, 0.2) is 0 Å². The first-order valence-corrected chi connectivity index (χ1v) is 7.07. The quantitative estimate of drug-likeness (QED) is 0.778. The summed E-state index contributed by atoms with van der Waals surface area (Å²) in [5.41, 5.74) is 1.02. The smallest absolute Gasteiger partial charge is 0.246 e. The lowest BCUT2D eigenvalue weighted by molar-refractivity contribution is -0.125. The third-order valence-electron chi connectivity index (χ3n) is 2.62. The molecule has 98 valence electrons. The van der Waals surface area contributed by atoms with E-state index in [1.54, 1.807) is 18.0 Å². The van der Waals surface area contributed by atoms with Crippen LogP contribution in [-0.4, -0.2) is 17.9 Å². The minimum absolute atomic E-state index is 0.0200. The summed E-state index contributed by atoms with van der Waals surface area (Å²) in [6.45, 7) is 0.579. The van der Waals surface area contributed by atoms with Gasteiger partial charge in [0.1, 0.15) is 0 Å². The van der Waals surface area contributed by atoms with E-state index in [0.717, 1.165) is 14.8 Å². The summed E-state index contributed by atoms with van der Waals surface area (Å²) < 4.78 is 0.746. The van der Waals surface area contributed by atoms with Crippen molar-refractivity contribution in [2.45, 2.75) is 6.54 Å². The molecule has 1 heterocycles. The Balaban J connectivity index is 1.94. The number of nitrogens with zero attached hydrogens (tertiary/aromatic N) is 1. The lowest BCUT2D eigenvalue weighted by Crippen LogP contribution is -2.23. The van der Waals surface area contributed by atoms with Gasteiger partial charge in [0.2, 0.25) is 5.91 Å². The summed E-state index contributed by atoms with van der Waals surface area (Å²) in [7, 11) is 1.78. The third kappa shape index (κ3) is 4.23. The summed E-state index contributed by atoms with van der Waals surface area (Å²) >= 11 is 7.36. The van der Waals surface area contributed by atoms with Crippen molar-refractivity contribution >= 4 is 34.9 Å². The minimum atomic E-state index is -0.0200. The number of carbonyl (C=O) groups is 1. The summed E-state index contributed by atoms with van der Waals surface area (Å²) in [6.07, 6.45) is 3.41. The predicted molar refractivity (Wildman–Crippen MR) is 81.3 cm³/mol. The Morgan fingerprint density at radius 1 is 1.26 bits per heavy atom. The second-order valence-corrected chi connectivity index (χ2v) is 5.94. The number of halogens is 1. The fraction of sp³-hybridized carbons (Fsp3) is 0.133. The lowest BCUT2D eigenvalue weighted by Gasteiger charge is -2.13. The van der Waals surface area contributed by atoms with Gasteiger partial charge in [-0.25, -0.2) is 0 Å². The van der Waals surface area contributed by atoms with Crippen molar-refractivity contribution in [3.8, 4) is 0 Å². The third-order valence-corrected chi connectivity index (χ3v) is 3.83. The highest BCUT2D eigenvalue weighted by Crippen LogP contribution is 2.22. The van der Waals surface area contributed by atoms with Crippen LogP contribution in [0.1, 0.15) is 10.4 Å². The number of benzene rings is 1. The van der Waals surface area contributed by atoms with Crippen LogP contribution in [-0.2, 0) is 11.3 Å². The molecule has 1 aromatic heterocycles. The van der Waals surface area contributed by atoms with Crippen LogP contribution in [0.4, 0.5) is 0 Å². The Kier molecular flexibility index (Phi) is 4.77. The lowest BCUT2D eigenvalue weighted by atomic mass is 10.2. The Morgan fingerprint density at radius 2 is 2.00 bits per heavy atom. The van der Waals surface area contributed by atoms with Crippen LogP contribution >= 0.6 is 22.9 Å². The highest BCUT2D eigenvalue weighted by Gasteiger charge is 2.07. The molecule has 4 heteroatoms. The first-order chi connectivity index (χ1) is 9.15. The highest BCUT2D eigenvalue weighted by atomic mass is 35.5. The van der Waals surface area contributed by atoms with Gasteiger partial charge in [-0.1, -0.05) is 41.9 Å². The molecule has 0 saturated heterocycles. The molecule has 0 bridgehead atoms. The highest BCUT2D eigenvalue weighted by molar-refractivity contribution is 7.16. The molecule has 0 saturated carbocycles. The Labute approximate surface area is 121 Å². The van der Waals surface area contributed by atoms with Gasteiger partial charge in [-0.15, -0.1) is 11.3 Å². The van der Waals surface area contributed by atoms with Crippen molar-refractivity contribution in [1.82, 2.24) is 4.90 Å². The Hall–Kier alpha value is -1.58. The van der Waals surface area contributed by atoms with Crippen LogP contribution in [0.3, 0.4) is 0 Å². The van der Waals surface area contributed by atoms with E-state index in [0.29, 0.717) is 6.54 Å². The van der Waals surface area contributed by atoms with Gasteiger partial charge in [0, 0.05) is 18.0 Å². The molecule has 0 atom stereocenters. The monoisotopic (exact) mass is 291 g/mol. The second-order valence-electron chi connectivity index (χ2n) is 4.14. The van der Waals surface area contributed by atoms with E-state index >= 15 is 0 Å². The zero-order chi connectivity index (χ0) is 13.7. The van der Waals surface area contributed by atoms with E-state index in [9.17, 15) is 4.79 Å². The van der Waals surface area contributed by atoms with Crippen molar-refractivity contribution in [3.05, 3.63) is 63.3 Å². The molecule has 0 aliphatic carbocycles. The molecule has 2 nitrogen and oxygen atoms in total. The van der Waals surface area contributed by atoms with Crippen LogP contribution in [0.15, 0.2) is 48.5 Å². The summed E-state index contributed by atoms with van der Waals surface area (Å²) in [5.74, 6) is -0.0200. The van der Waals surface area contributed by atoms with E-state index in [-0.39, 0.29) is 5.91 Å². The maximum atomic E-state index is 11.9. The van der Waals surface area contributed by atoms with Crippen LogP contribution in [0.2, 0.25) is 4.34 Å². The summed E-state index contributed by atoms with van der Waals surface area (Å²) in [6, 6.07) is 13.6. The molecule has 0 aliphatic rings. The average molecular weight is 292 g/mol. The van der Waals surface area contributed by atoms with Crippen LogP contribution in [0.5, 0.6) is 0 Å². The number of rotatable bonds is 4. The fourth-order valence-corrected chi connectivity index (χ4v) is 2.75. The SMILES string of the molecule is CN(Cc1ccc(Cl)s1)C(=O)C=Cc1ccccc1. The predicted octanol–water partition coefficient (Wildman–Crippen LogP) is 4.07. The summed E-state index contributed by atoms with van der Waals surface area (Å²) in [5, 5.41) is 0. The zero-order valence-corrected chi connectivity index (χ0v) is 12.1. The molecule has 1 amide bonds. The van der Waals surface area contributed by atoms with Crippen LogP contribution in [0.25, 0.3) is 6.08 Å². The molecule has 0 unspecified atom stereocenters. The molecule has 0 aliphatic heterocycles. The Morgan fingerprint density at radius 3 is 2.63 bits per heavy atom. The van der Waals surface area contributed by atoms with Crippen molar-refractivity contribution in [3.63, 3.8) is 0 Å². The van der Waals surface area contributed by atoms with Gasteiger partial charge in [0.05, 0.1) is 10.9 Å². The normalized spacial score (nSPS) is 10.8. The number of thiophene rings is 1. The first-order valence-electron chi connectivity index (χ1n) is 5.87. The van der Waals surface area contributed by atoms with Gasteiger partial charge >= 0.3 is 0 Å². The van der Waals surface area contributed by atoms with E-state index in [4.69, 9.17) is 11.6 Å². The van der Waals surface area contributed by atoms with Gasteiger partial charge in [-0.05, 0) is 23.8 Å². The molecule has 2 aromatic rings. The molecular formula is C15H14ClNOS. The van der Waals surface area contributed by atoms with Gasteiger partial charge < -0.3 is 4.90 Å². The maximum Gasteiger partial charge on any atom is 0.246 e. The van der Waals surface area contributed by atoms with E-state index in [1.165, 1.54) is 11.3 Å². The zero-order valence-electron chi connectivity index (χ0n) is 10.5.